The van der Waals surface area contributed by atoms with Crippen molar-refractivity contribution in [1.82, 2.24) is 0 Å². The van der Waals surface area contributed by atoms with Crippen LogP contribution < -0.4 is 29.7 Å². The SMILES string of the molecule is CC[NH+](CC(=O)Nc1cccc(OC)c1)CC(=O)Nc1ccc2c(c1)OCCCO2. The maximum atomic E-state index is 12.5. The van der Waals surface area contributed by atoms with Crippen molar-refractivity contribution < 1.29 is 28.7 Å². The van der Waals surface area contributed by atoms with Gasteiger partial charge in [0.25, 0.3) is 11.8 Å². The molecule has 1 unspecified atom stereocenters. The van der Waals surface area contributed by atoms with Gasteiger partial charge in [0.2, 0.25) is 0 Å². The van der Waals surface area contributed by atoms with Crippen LogP contribution in [0.1, 0.15) is 13.3 Å². The maximum absolute atomic E-state index is 12.5. The number of benzene rings is 2. The van der Waals surface area contributed by atoms with Gasteiger partial charge in [-0.15, -0.1) is 0 Å². The van der Waals surface area contributed by atoms with E-state index in [4.69, 9.17) is 14.2 Å². The molecule has 2 aromatic carbocycles. The molecule has 8 nitrogen and oxygen atoms in total. The molecule has 30 heavy (non-hydrogen) atoms. The highest BCUT2D eigenvalue weighted by Gasteiger charge is 2.18. The zero-order chi connectivity index (χ0) is 21.3. The predicted octanol–water partition coefficient (Wildman–Crippen LogP) is 1.34. The summed E-state index contributed by atoms with van der Waals surface area (Å²) < 4.78 is 16.4. The van der Waals surface area contributed by atoms with E-state index in [1.807, 2.05) is 19.1 Å². The summed E-state index contributed by atoms with van der Waals surface area (Å²) in [7, 11) is 1.58. The Morgan fingerprint density at radius 2 is 1.63 bits per heavy atom. The lowest BCUT2D eigenvalue weighted by Gasteiger charge is -2.17. The molecule has 8 heteroatoms. The van der Waals surface area contributed by atoms with Crippen molar-refractivity contribution in [2.24, 2.45) is 0 Å². The smallest absolute Gasteiger partial charge is 0.279 e. The molecular weight excluding hydrogens is 386 g/mol. The van der Waals surface area contributed by atoms with Crippen LogP contribution in [0.5, 0.6) is 17.2 Å². The number of methoxy groups -OCH3 is 1. The van der Waals surface area contributed by atoms with Crippen molar-refractivity contribution in [3.63, 3.8) is 0 Å². The van der Waals surface area contributed by atoms with Gasteiger partial charge in [-0.3, -0.25) is 9.59 Å². The van der Waals surface area contributed by atoms with Gasteiger partial charge in [0.1, 0.15) is 5.75 Å². The van der Waals surface area contributed by atoms with Crippen LogP contribution in [0.4, 0.5) is 11.4 Å². The lowest BCUT2D eigenvalue weighted by molar-refractivity contribution is -0.881. The minimum Gasteiger partial charge on any atom is -0.497 e. The van der Waals surface area contributed by atoms with E-state index in [0.29, 0.717) is 48.4 Å². The van der Waals surface area contributed by atoms with Gasteiger partial charge in [-0.1, -0.05) is 6.07 Å². The van der Waals surface area contributed by atoms with Gasteiger partial charge in [0, 0.05) is 29.9 Å². The summed E-state index contributed by atoms with van der Waals surface area (Å²) in [5, 5.41) is 5.71. The Kier molecular flexibility index (Phi) is 7.51. The molecule has 0 fully saturated rings. The number of fused-ring (bicyclic) bond motifs is 1. The molecule has 1 aliphatic rings. The fraction of sp³-hybridized carbons (Fsp3) is 0.364. The minimum absolute atomic E-state index is 0.163. The van der Waals surface area contributed by atoms with Crippen LogP contribution in [-0.2, 0) is 9.59 Å². The molecule has 1 aliphatic heterocycles. The molecule has 0 saturated carbocycles. The van der Waals surface area contributed by atoms with Crippen LogP contribution in [0.2, 0.25) is 0 Å². The number of anilines is 2. The molecule has 0 bridgehead atoms. The Bertz CT molecular complexity index is 887. The van der Waals surface area contributed by atoms with Crippen molar-refractivity contribution in [3.05, 3.63) is 42.5 Å². The first-order chi connectivity index (χ1) is 14.6. The average molecular weight is 414 g/mol. The summed E-state index contributed by atoms with van der Waals surface area (Å²) in [6, 6.07) is 12.5. The maximum Gasteiger partial charge on any atom is 0.279 e. The molecule has 2 aromatic rings. The van der Waals surface area contributed by atoms with E-state index in [2.05, 4.69) is 10.6 Å². The van der Waals surface area contributed by atoms with Crippen molar-refractivity contribution in [2.45, 2.75) is 13.3 Å². The summed E-state index contributed by atoms with van der Waals surface area (Å²) in [6.45, 7) is 4.14. The number of carbonyl (C=O) groups is 2. The molecule has 3 rings (SSSR count). The third-order valence-corrected chi connectivity index (χ3v) is 4.71. The van der Waals surface area contributed by atoms with Crippen LogP contribution in [0.3, 0.4) is 0 Å². The number of ether oxygens (including phenoxy) is 3. The van der Waals surface area contributed by atoms with E-state index < -0.39 is 0 Å². The van der Waals surface area contributed by atoms with Gasteiger partial charge in [0.15, 0.2) is 24.6 Å². The number of amides is 2. The van der Waals surface area contributed by atoms with Gasteiger partial charge >= 0.3 is 0 Å². The molecule has 0 spiro atoms. The van der Waals surface area contributed by atoms with E-state index in [9.17, 15) is 9.59 Å². The summed E-state index contributed by atoms with van der Waals surface area (Å²) in [6.07, 6.45) is 0.822. The number of rotatable bonds is 8. The van der Waals surface area contributed by atoms with Crippen LogP contribution in [0.15, 0.2) is 42.5 Å². The Morgan fingerprint density at radius 1 is 0.967 bits per heavy atom. The number of likely N-dealkylation sites (N-methyl/N-ethyl adjacent to an activating group) is 1. The van der Waals surface area contributed by atoms with Crippen molar-refractivity contribution in [3.8, 4) is 17.2 Å². The topological polar surface area (TPSA) is 90.3 Å². The summed E-state index contributed by atoms with van der Waals surface area (Å²) in [4.78, 5) is 25.7. The summed E-state index contributed by atoms with van der Waals surface area (Å²) >= 11 is 0. The largest absolute Gasteiger partial charge is 0.497 e. The third kappa shape index (κ3) is 6.12. The lowest BCUT2D eigenvalue weighted by atomic mass is 10.2. The fourth-order valence-electron chi connectivity index (χ4n) is 3.12. The summed E-state index contributed by atoms with van der Waals surface area (Å²) in [5.41, 5.74) is 1.30. The number of hydrogen-bond acceptors (Lipinski definition) is 5. The Hall–Kier alpha value is -3.26. The Morgan fingerprint density at radius 3 is 2.30 bits per heavy atom. The molecular formula is C22H28N3O5+. The zero-order valence-corrected chi connectivity index (χ0v) is 17.3. The quantitative estimate of drug-likeness (QED) is 0.607. The van der Waals surface area contributed by atoms with Crippen molar-refractivity contribution in [1.29, 1.82) is 0 Å². The van der Waals surface area contributed by atoms with E-state index in [1.54, 1.807) is 37.4 Å². The highest BCUT2D eigenvalue weighted by Crippen LogP contribution is 2.32. The van der Waals surface area contributed by atoms with Gasteiger partial charge in [0.05, 0.1) is 26.9 Å². The predicted molar refractivity (Wildman–Crippen MR) is 114 cm³/mol. The van der Waals surface area contributed by atoms with E-state index >= 15 is 0 Å². The molecule has 3 N–H and O–H groups in total. The molecule has 2 amide bonds. The molecule has 1 heterocycles. The van der Waals surface area contributed by atoms with E-state index in [-0.39, 0.29) is 24.9 Å². The number of quaternary nitrogens is 1. The number of nitrogens with one attached hydrogen (secondary N) is 3. The first-order valence-corrected chi connectivity index (χ1v) is 10.0. The average Bonchev–Trinajstić information content (AvgIpc) is 2.98. The standard InChI is InChI=1S/C22H27N3O5/c1-3-25(14-21(26)23-16-6-4-7-18(12-16)28-2)15-22(27)24-17-8-9-19-20(13-17)30-11-5-10-29-19/h4,6-9,12-13H,3,5,10-11,14-15H2,1-2H3,(H,23,26)(H,24,27)/p+1. The Balaban J connectivity index is 1.52. The van der Waals surface area contributed by atoms with Gasteiger partial charge in [-0.2, -0.15) is 0 Å². The normalized spacial score (nSPS) is 13.7. The van der Waals surface area contributed by atoms with Gasteiger partial charge in [-0.05, 0) is 31.2 Å². The first kappa shape index (κ1) is 21.4. The second-order valence-electron chi connectivity index (χ2n) is 7.00. The van der Waals surface area contributed by atoms with Crippen LogP contribution in [-0.4, -0.2) is 51.8 Å². The van der Waals surface area contributed by atoms with Gasteiger partial charge < -0.3 is 29.7 Å². The van der Waals surface area contributed by atoms with Crippen molar-refractivity contribution >= 4 is 23.2 Å². The highest BCUT2D eigenvalue weighted by molar-refractivity contribution is 5.93. The molecule has 0 aliphatic carbocycles. The number of hydrogen-bond donors (Lipinski definition) is 3. The van der Waals surface area contributed by atoms with Crippen LogP contribution in [0.25, 0.3) is 0 Å². The minimum atomic E-state index is -0.171. The zero-order valence-electron chi connectivity index (χ0n) is 17.3. The highest BCUT2D eigenvalue weighted by atomic mass is 16.5. The third-order valence-electron chi connectivity index (χ3n) is 4.71. The lowest BCUT2D eigenvalue weighted by Crippen LogP contribution is -3.13. The fourth-order valence-corrected chi connectivity index (χ4v) is 3.12. The second kappa shape index (κ2) is 10.5. The second-order valence-corrected chi connectivity index (χ2v) is 7.00. The first-order valence-electron chi connectivity index (χ1n) is 10.0. The van der Waals surface area contributed by atoms with Gasteiger partial charge in [-0.25, -0.2) is 0 Å². The molecule has 0 radical (unpaired) electrons. The van der Waals surface area contributed by atoms with Crippen molar-refractivity contribution in [2.75, 3.05) is 50.6 Å². The monoisotopic (exact) mass is 414 g/mol. The number of carbonyl (C=O) groups excluding carboxylic acids is 2. The molecule has 160 valence electrons. The summed E-state index contributed by atoms with van der Waals surface area (Å²) in [5.74, 6) is 1.64. The molecule has 0 aromatic heterocycles. The molecule has 0 saturated heterocycles. The van der Waals surface area contributed by atoms with Crippen LogP contribution >= 0.6 is 0 Å². The van der Waals surface area contributed by atoms with E-state index in [0.717, 1.165) is 11.3 Å². The van der Waals surface area contributed by atoms with E-state index in [1.165, 1.54) is 0 Å². The Labute approximate surface area is 176 Å². The van der Waals surface area contributed by atoms with Crippen LogP contribution in [0, 0.1) is 0 Å². The molecule has 1 atom stereocenters.